The number of hydrogen-bond donors (Lipinski definition) is 1. The lowest BCUT2D eigenvalue weighted by molar-refractivity contribution is -0.140. The normalized spacial score (nSPS) is 26.7. The summed E-state index contributed by atoms with van der Waals surface area (Å²) in [5.41, 5.74) is 3.52. The number of benzene rings is 1. The minimum absolute atomic E-state index is 0.0999. The fraction of sp³-hybridized carbons (Fsp3) is 0.533. The molecular weight excluding hydrogens is 286 g/mol. The van der Waals surface area contributed by atoms with E-state index in [2.05, 4.69) is 0 Å². The second kappa shape index (κ2) is 5.40. The Morgan fingerprint density at radius 3 is 2.57 bits per heavy atom. The summed E-state index contributed by atoms with van der Waals surface area (Å²) in [5.74, 6) is -1.66. The zero-order chi connectivity index (χ0) is 15.8. The van der Waals surface area contributed by atoms with Crippen molar-refractivity contribution in [1.29, 1.82) is 0 Å². The van der Waals surface area contributed by atoms with Crippen molar-refractivity contribution in [3.63, 3.8) is 0 Å². The number of ketones is 1. The first kappa shape index (κ1) is 15.9. The van der Waals surface area contributed by atoms with E-state index in [4.69, 9.17) is 5.73 Å². The molecule has 1 fully saturated rings. The van der Waals surface area contributed by atoms with E-state index in [0.717, 1.165) is 18.9 Å². The van der Waals surface area contributed by atoms with Crippen LogP contribution in [0.5, 0.6) is 0 Å². The van der Waals surface area contributed by atoms with E-state index < -0.39 is 28.9 Å². The third-order valence-electron chi connectivity index (χ3n) is 4.02. The minimum atomic E-state index is -4.77. The zero-order valence-electron chi connectivity index (χ0n) is 11.6. The number of carbonyl (C=O) groups excluding carboxylic acids is 1. The van der Waals surface area contributed by atoms with Crippen LogP contribution >= 0.6 is 0 Å². The summed E-state index contributed by atoms with van der Waals surface area (Å²) in [5, 5.41) is 0. The van der Waals surface area contributed by atoms with E-state index in [0.29, 0.717) is 25.0 Å². The monoisotopic (exact) mass is 303 g/mol. The van der Waals surface area contributed by atoms with Gasteiger partial charge in [0.2, 0.25) is 0 Å². The van der Waals surface area contributed by atoms with Crippen molar-refractivity contribution < 1.29 is 22.4 Å². The Kier molecular flexibility index (Phi) is 4.10. The van der Waals surface area contributed by atoms with Crippen LogP contribution in [0.2, 0.25) is 0 Å². The van der Waals surface area contributed by atoms with E-state index in [1.54, 1.807) is 0 Å². The standard InChI is InChI=1S/C15H17F4NO/c1-9-3-2-6-14(20,8-9)13(21)10-4-5-11(12(16)7-10)15(17,18)19/h4-5,7,9H,2-3,6,8,20H2,1H3. The lowest BCUT2D eigenvalue weighted by Crippen LogP contribution is -2.51. The van der Waals surface area contributed by atoms with E-state index in [-0.39, 0.29) is 11.5 Å². The molecule has 0 spiro atoms. The largest absolute Gasteiger partial charge is 0.419 e. The first-order valence-corrected chi connectivity index (χ1v) is 6.84. The van der Waals surface area contributed by atoms with E-state index in [9.17, 15) is 22.4 Å². The first-order valence-electron chi connectivity index (χ1n) is 6.84. The van der Waals surface area contributed by atoms with Crippen LogP contribution in [0.4, 0.5) is 17.6 Å². The van der Waals surface area contributed by atoms with Crippen LogP contribution in [0.15, 0.2) is 18.2 Å². The molecule has 2 atom stereocenters. The number of Topliss-reactive ketones (excluding diaryl/α,β-unsaturated/α-hetero) is 1. The third kappa shape index (κ3) is 3.26. The average Bonchev–Trinajstić information content (AvgIpc) is 2.35. The molecule has 2 N–H and O–H groups in total. The minimum Gasteiger partial charge on any atom is -0.319 e. The molecular formula is C15H17F4NO. The lowest BCUT2D eigenvalue weighted by atomic mass is 9.73. The molecule has 1 aliphatic carbocycles. The van der Waals surface area contributed by atoms with E-state index in [1.165, 1.54) is 0 Å². The van der Waals surface area contributed by atoms with Crippen LogP contribution < -0.4 is 5.73 Å². The van der Waals surface area contributed by atoms with Crippen LogP contribution in [0.25, 0.3) is 0 Å². The van der Waals surface area contributed by atoms with Gasteiger partial charge >= 0.3 is 6.18 Å². The molecule has 2 nitrogen and oxygen atoms in total. The van der Waals surface area contributed by atoms with Gasteiger partial charge in [-0.25, -0.2) is 4.39 Å². The predicted octanol–water partition coefficient (Wildman–Crippen LogP) is 3.93. The Morgan fingerprint density at radius 2 is 2.05 bits per heavy atom. The highest BCUT2D eigenvalue weighted by atomic mass is 19.4. The van der Waals surface area contributed by atoms with Gasteiger partial charge in [-0.1, -0.05) is 25.8 Å². The Balaban J connectivity index is 2.30. The SMILES string of the molecule is CC1CCCC(N)(C(=O)c2ccc(C(F)(F)F)c(F)c2)C1. The molecule has 1 aromatic rings. The summed E-state index contributed by atoms with van der Waals surface area (Å²) in [6.07, 6.45) is -2.08. The molecule has 0 aliphatic heterocycles. The molecule has 0 aromatic heterocycles. The average molecular weight is 303 g/mol. The molecule has 21 heavy (non-hydrogen) atoms. The van der Waals surface area contributed by atoms with Crippen LogP contribution in [0.1, 0.15) is 48.5 Å². The van der Waals surface area contributed by atoms with Crippen LogP contribution in [-0.2, 0) is 6.18 Å². The van der Waals surface area contributed by atoms with Gasteiger partial charge in [-0.05, 0) is 30.9 Å². The Bertz CT molecular complexity index is 555. The molecule has 2 unspecified atom stereocenters. The smallest absolute Gasteiger partial charge is 0.319 e. The third-order valence-corrected chi connectivity index (χ3v) is 4.02. The molecule has 1 aliphatic rings. The van der Waals surface area contributed by atoms with Crippen molar-refractivity contribution in [2.45, 2.75) is 44.3 Å². The van der Waals surface area contributed by atoms with Crippen molar-refractivity contribution in [1.82, 2.24) is 0 Å². The van der Waals surface area contributed by atoms with Crippen LogP contribution in [-0.4, -0.2) is 11.3 Å². The highest BCUT2D eigenvalue weighted by molar-refractivity contribution is 6.03. The van der Waals surface area contributed by atoms with Gasteiger partial charge in [0.15, 0.2) is 5.78 Å². The number of alkyl halides is 3. The molecule has 6 heteroatoms. The van der Waals surface area contributed by atoms with Crippen molar-refractivity contribution in [2.75, 3.05) is 0 Å². The molecule has 1 aromatic carbocycles. The zero-order valence-corrected chi connectivity index (χ0v) is 11.6. The van der Waals surface area contributed by atoms with Gasteiger partial charge < -0.3 is 5.73 Å². The van der Waals surface area contributed by atoms with Crippen molar-refractivity contribution in [3.05, 3.63) is 35.1 Å². The number of rotatable bonds is 2. The number of carbonyl (C=O) groups is 1. The molecule has 0 amide bonds. The quantitative estimate of drug-likeness (QED) is 0.664. The highest BCUT2D eigenvalue weighted by Gasteiger charge is 2.39. The summed E-state index contributed by atoms with van der Waals surface area (Å²) in [4.78, 5) is 12.4. The Hall–Kier alpha value is -1.43. The Morgan fingerprint density at radius 1 is 1.38 bits per heavy atom. The van der Waals surface area contributed by atoms with Crippen molar-refractivity contribution in [3.8, 4) is 0 Å². The lowest BCUT2D eigenvalue weighted by Gasteiger charge is -2.35. The maximum absolute atomic E-state index is 13.6. The van der Waals surface area contributed by atoms with Gasteiger partial charge in [0.25, 0.3) is 0 Å². The summed E-state index contributed by atoms with van der Waals surface area (Å²) in [6, 6.07) is 2.24. The number of halogens is 4. The number of nitrogens with two attached hydrogens (primary N) is 1. The summed E-state index contributed by atoms with van der Waals surface area (Å²) >= 11 is 0. The molecule has 2 rings (SSSR count). The van der Waals surface area contributed by atoms with Gasteiger partial charge in [-0.3, -0.25) is 4.79 Å². The van der Waals surface area contributed by atoms with Gasteiger partial charge in [-0.15, -0.1) is 0 Å². The fourth-order valence-electron chi connectivity index (χ4n) is 2.97. The Labute approximate surface area is 120 Å². The van der Waals surface area contributed by atoms with E-state index in [1.807, 2.05) is 6.92 Å². The maximum atomic E-state index is 13.6. The van der Waals surface area contributed by atoms with Gasteiger partial charge in [0, 0.05) is 5.56 Å². The summed E-state index contributed by atoms with van der Waals surface area (Å²) in [7, 11) is 0. The topological polar surface area (TPSA) is 43.1 Å². The van der Waals surface area contributed by atoms with Crippen molar-refractivity contribution >= 4 is 5.78 Å². The van der Waals surface area contributed by atoms with Crippen LogP contribution in [0, 0.1) is 11.7 Å². The maximum Gasteiger partial charge on any atom is 0.419 e. The fourth-order valence-corrected chi connectivity index (χ4v) is 2.97. The van der Waals surface area contributed by atoms with E-state index >= 15 is 0 Å². The first-order chi connectivity index (χ1) is 9.63. The van der Waals surface area contributed by atoms with Gasteiger partial charge in [-0.2, -0.15) is 13.2 Å². The predicted molar refractivity (Wildman–Crippen MR) is 70.3 cm³/mol. The molecule has 116 valence electrons. The van der Waals surface area contributed by atoms with Gasteiger partial charge in [0.1, 0.15) is 5.82 Å². The van der Waals surface area contributed by atoms with Crippen molar-refractivity contribution in [2.24, 2.45) is 11.7 Å². The summed E-state index contributed by atoms with van der Waals surface area (Å²) < 4.78 is 51.1. The highest BCUT2D eigenvalue weighted by Crippen LogP contribution is 2.35. The second-order valence-electron chi connectivity index (χ2n) is 5.88. The van der Waals surface area contributed by atoms with Crippen LogP contribution in [0.3, 0.4) is 0 Å². The molecule has 0 saturated heterocycles. The summed E-state index contributed by atoms with van der Waals surface area (Å²) in [6.45, 7) is 1.97. The van der Waals surface area contributed by atoms with Gasteiger partial charge in [0.05, 0.1) is 11.1 Å². The second-order valence-corrected chi connectivity index (χ2v) is 5.88. The molecule has 0 bridgehead atoms. The molecule has 0 heterocycles. The molecule has 0 radical (unpaired) electrons. The number of hydrogen-bond acceptors (Lipinski definition) is 2. The molecule has 1 saturated carbocycles.